The second-order valence-electron chi connectivity index (χ2n) is 4.98. The summed E-state index contributed by atoms with van der Waals surface area (Å²) >= 11 is 5.87. The first-order valence-corrected chi connectivity index (χ1v) is 7.70. The third-order valence-electron chi connectivity index (χ3n) is 3.35. The van der Waals surface area contributed by atoms with Crippen LogP contribution in [0.4, 0.5) is 5.69 Å². The number of halogens is 1. The van der Waals surface area contributed by atoms with E-state index in [1.807, 2.05) is 6.92 Å². The minimum Gasteiger partial charge on any atom is -0.494 e. The molecule has 0 radical (unpaired) electrons. The van der Waals surface area contributed by atoms with Crippen molar-refractivity contribution in [2.75, 3.05) is 11.9 Å². The van der Waals surface area contributed by atoms with Gasteiger partial charge in [-0.05, 0) is 50.1 Å². The molecule has 2 aromatic rings. The molecule has 0 saturated carbocycles. The van der Waals surface area contributed by atoms with Crippen LogP contribution < -0.4 is 10.1 Å². The highest BCUT2D eigenvalue weighted by Gasteiger charge is 2.13. The normalized spacial score (nSPS) is 10.6. The van der Waals surface area contributed by atoms with E-state index in [1.165, 1.54) is 0 Å². The molecule has 1 aromatic heterocycles. The first kappa shape index (κ1) is 17.3. The molecule has 2 N–H and O–H groups in total. The quantitative estimate of drug-likeness (QED) is 0.810. The number of anilines is 1. The van der Waals surface area contributed by atoms with E-state index < -0.39 is 0 Å². The Bertz CT molecular complexity index is 665. The van der Waals surface area contributed by atoms with Gasteiger partial charge in [0.1, 0.15) is 5.75 Å². The van der Waals surface area contributed by atoms with E-state index in [1.54, 1.807) is 25.1 Å². The molecule has 1 amide bonds. The molecule has 2 rings (SSSR count). The van der Waals surface area contributed by atoms with Crippen molar-refractivity contribution >= 4 is 23.2 Å². The van der Waals surface area contributed by atoms with Crippen molar-refractivity contribution in [2.45, 2.75) is 33.3 Å². The van der Waals surface area contributed by atoms with E-state index in [0.717, 1.165) is 5.56 Å². The van der Waals surface area contributed by atoms with Crippen molar-refractivity contribution in [3.8, 4) is 5.75 Å². The van der Waals surface area contributed by atoms with Gasteiger partial charge in [-0.2, -0.15) is 0 Å². The van der Waals surface area contributed by atoms with Crippen LogP contribution in [0.5, 0.6) is 5.75 Å². The Labute approximate surface area is 139 Å². The molecule has 6 nitrogen and oxygen atoms in total. The number of hydrogen-bond acceptors (Lipinski definition) is 5. The van der Waals surface area contributed by atoms with Gasteiger partial charge in [0.25, 0.3) is 0 Å². The zero-order chi connectivity index (χ0) is 16.8. The van der Waals surface area contributed by atoms with Gasteiger partial charge >= 0.3 is 0 Å². The molecule has 0 atom stereocenters. The molecule has 1 aromatic carbocycles. The second kappa shape index (κ2) is 7.99. The molecule has 7 heteroatoms. The van der Waals surface area contributed by atoms with Crippen LogP contribution in [-0.2, 0) is 17.8 Å². The molecular weight excluding hydrogens is 320 g/mol. The fourth-order valence-corrected chi connectivity index (χ4v) is 2.44. The number of benzene rings is 1. The van der Waals surface area contributed by atoms with Crippen molar-refractivity contribution < 1.29 is 19.2 Å². The number of rotatable bonds is 7. The van der Waals surface area contributed by atoms with Crippen LogP contribution in [0.15, 0.2) is 22.7 Å². The summed E-state index contributed by atoms with van der Waals surface area (Å²) in [7, 11) is 0. The molecule has 0 fully saturated rings. The number of carbonyl (C=O) groups is 1. The summed E-state index contributed by atoms with van der Waals surface area (Å²) in [6, 6.07) is 5.16. The lowest BCUT2D eigenvalue weighted by atomic mass is 10.1. The number of amides is 1. The fraction of sp³-hybridized carbons (Fsp3) is 0.375. The van der Waals surface area contributed by atoms with Crippen LogP contribution in [0.2, 0.25) is 5.22 Å². The lowest BCUT2D eigenvalue weighted by molar-refractivity contribution is -0.116. The zero-order valence-electron chi connectivity index (χ0n) is 13.1. The molecule has 23 heavy (non-hydrogen) atoms. The smallest absolute Gasteiger partial charge is 0.229 e. The maximum atomic E-state index is 12.0. The van der Waals surface area contributed by atoms with Crippen molar-refractivity contribution in [3.63, 3.8) is 0 Å². The number of aliphatic hydroxyl groups excluding tert-OH is 1. The first-order valence-electron chi connectivity index (χ1n) is 7.32. The van der Waals surface area contributed by atoms with Gasteiger partial charge < -0.3 is 19.7 Å². The van der Waals surface area contributed by atoms with Gasteiger partial charge in [-0.25, -0.2) is 0 Å². The molecule has 0 unspecified atom stereocenters. The van der Waals surface area contributed by atoms with Crippen molar-refractivity contribution in [3.05, 3.63) is 40.2 Å². The molecule has 0 saturated heterocycles. The van der Waals surface area contributed by atoms with Gasteiger partial charge in [0, 0.05) is 23.2 Å². The van der Waals surface area contributed by atoms with Crippen molar-refractivity contribution in [2.24, 2.45) is 0 Å². The summed E-state index contributed by atoms with van der Waals surface area (Å²) in [6.45, 7) is 4.00. The van der Waals surface area contributed by atoms with Crippen LogP contribution in [-0.4, -0.2) is 22.8 Å². The number of nitrogens with zero attached hydrogens (tertiary/aromatic N) is 1. The number of aromatic nitrogens is 1. The highest BCUT2D eigenvalue weighted by molar-refractivity contribution is 6.29. The second-order valence-corrected chi connectivity index (χ2v) is 5.33. The Balaban J connectivity index is 1.97. The van der Waals surface area contributed by atoms with Gasteiger partial charge in [-0.3, -0.25) is 4.79 Å². The molecule has 0 bridgehead atoms. The Kier molecular flexibility index (Phi) is 6.01. The van der Waals surface area contributed by atoms with E-state index >= 15 is 0 Å². The lowest BCUT2D eigenvalue weighted by Gasteiger charge is -2.11. The van der Waals surface area contributed by atoms with E-state index in [-0.39, 0.29) is 24.2 Å². The van der Waals surface area contributed by atoms with E-state index in [2.05, 4.69) is 10.5 Å². The highest BCUT2D eigenvalue weighted by atomic mass is 35.5. The molecule has 0 spiro atoms. The molecular formula is C16H19ClN2O4. The van der Waals surface area contributed by atoms with E-state index in [0.29, 0.717) is 35.7 Å². The third-order valence-corrected chi connectivity index (χ3v) is 3.65. The molecule has 124 valence electrons. The van der Waals surface area contributed by atoms with Gasteiger partial charge in [0.2, 0.25) is 11.1 Å². The van der Waals surface area contributed by atoms with E-state index in [4.69, 9.17) is 20.9 Å². The third kappa shape index (κ3) is 4.46. The summed E-state index contributed by atoms with van der Waals surface area (Å²) < 4.78 is 10.3. The molecule has 0 aliphatic rings. The van der Waals surface area contributed by atoms with Crippen molar-refractivity contribution in [1.29, 1.82) is 0 Å². The predicted molar refractivity (Wildman–Crippen MR) is 86.7 cm³/mol. The first-order chi connectivity index (χ1) is 11.0. The Morgan fingerprint density at radius 2 is 2.26 bits per heavy atom. The topological polar surface area (TPSA) is 84.6 Å². The van der Waals surface area contributed by atoms with Gasteiger partial charge in [-0.1, -0.05) is 5.16 Å². The van der Waals surface area contributed by atoms with Crippen LogP contribution in [0, 0.1) is 6.92 Å². The van der Waals surface area contributed by atoms with Crippen LogP contribution in [0.1, 0.15) is 30.2 Å². The van der Waals surface area contributed by atoms with Gasteiger partial charge in [0.05, 0.1) is 18.9 Å². The van der Waals surface area contributed by atoms with Gasteiger partial charge in [0.15, 0.2) is 0 Å². The minimum atomic E-state index is -0.158. The summed E-state index contributed by atoms with van der Waals surface area (Å²) in [5.41, 5.74) is 2.66. The molecule has 0 aliphatic heterocycles. The SMILES string of the molecule is CCOc1ccc(NC(=O)CCc2c(C)noc2Cl)cc1CO. The molecule has 1 heterocycles. The molecule has 0 aliphatic carbocycles. The number of ether oxygens (including phenoxy) is 1. The predicted octanol–water partition coefficient (Wildman–Crippen LogP) is 3.10. The summed E-state index contributed by atoms with van der Waals surface area (Å²) in [4.78, 5) is 12.0. The van der Waals surface area contributed by atoms with Crippen LogP contribution in [0.3, 0.4) is 0 Å². The minimum absolute atomic E-state index is 0.158. The maximum Gasteiger partial charge on any atom is 0.229 e. The maximum absolute atomic E-state index is 12.0. The summed E-state index contributed by atoms with van der Waals surface area (Å²) in [5.74, 6) is 0.453. The number of nitrogens with one attached hydrogen (secondary N) is 1. The van der Waals surface area contributed by atoms with Crippen LogP contribution >= 0.6 is 11.6 Å². The number of aryl methyl sites for hydroxylation is 1. The average molecular weight is 339 g/mol. The van der Waals surface area contributed by atoms with Crippen LogP contribution in [0.25, 0.3) is 0 Å². The lowest BCUT2D eigenvalue weighted by Crippen LogP contribution is -2.13. The zero-order valence-corrected chi connectivity index (χ0v) is 13.8. The average Bonchev–Trinajstić information content (AvgIpc) is 2.85. The number of hydrogen-bond donors (Lipinski definition) is 2. The number of carbonyl (C=O) groups excluding carboxylic acids is 1. The summed E-state index contributed by atoms with van der Waals surface area (Å²) in [6.07, 6.45) is 0.702. The number of aliphatic hydroxyl groups is 1. The largest absolute Gasteiger partial charge is 0.494 e. The Morgan fingerprint density at radius 3 is 2.87 bits per heavy atom. The Morgan fingerprint density at radius 1 is 1.48 bits per heavy atom. The summed E-state index contributed by atoms with van der Waals surface area (Å²) in [5, 5.41) is 16.1. The monoisotopic (exact) mass is 338 g/mol. The van der Waals surface area contributed by atoms with Gasteiger partial charge in [-0.15, -0.1) is 0 Å². The highest BCUT2D eigenvalue weighted by Crippen LogP contribution is 2.24. The fourth-order valence-electron chi connectivity index (χ4n) is 2.18. The van der Waals surface area contributed by atoms with E-state index in [9.17, 15) is 9.90 Å². The standard InChI is InChI=1S/C16H19ClN2O4/c1-3-22-14-6-4-12(8-11(14)9-20)18-15(21)7-5-13-10(2)19-23-16(13)17/h4,6,8,20H,3,5,7,9H2,1-2H3,(H,18,21). The Hall–Kier alpha value is -2.05. The van der Waals surface area contributed by atoms with Crippen molar-refractivity contribution in [1.82, 2.24) is 5.16 Å².